The number of nitrogens with zero attached hydrogens (tertiary/aromatic N) is 2. The van der Waals surface area contributed by atoms with Crippen LogP contribution in [0.3, 0.4) is 0 Å². The molecule has 2 heterocycles. The number of urea groups is 1. The topological polar surface area (TPSA) is 44.8 Å². The zero-order valence-electron chi connectivity index (χ0n) is 15.1. The summed E-state index contributed by atoms with van der Waals surface area (Å²) in [6, 6.07) is 16.3. The van der Waals surface area contributed by atoms with Gasteiger partial charge in [0.25, 0.3) is 0 Å². The molecule has 0 radical (unpaired) electrons. The van der Waals surface area contributed by atoms with Gasteiger partial charge in [0.05, 0.1) is 12.8 Å². The van der Waals surface area contributed by atoms with E-state index in [2.05, 4.69) is 22.3 Å². The largest absolute Gasteiger partial charge is 0.495 e. The summed E-state index contributed by atoms with van der Waals surface area (Å²) in [5.41, 5.74) is 3.44. The molecule has 1 fully saturated rings. The van der Waals surface area contributed by atoms with E-state index in [-0.39, 0.29) is 6.03 Å². The molecule has 2 aliphatic heterocycles. The fraction of sp³-hybridized carbons (Fsp3) is 0.381. The Hall–Kier alpha value is -2.69. The van der Waals surface area contributed by atoms with Gasteiger partial charge in [0.15, 0.2) is 0 Å². The molecule has 26 heavy (non-hydrogen) atoms. The van der Waals surface area contributed by atoms with Crippen molar-refractivity contribution in [3.05, 3.63) is 54.1 Å². The Bertz CT molecular complexity index is 792. The maximum Gasteiger partial charge on any atom is 0.321 e. The van der Waals surface area contributed by atoms with Gasteiger partial charge in [-0.15, -0.1) is 0 Å². The summed E-state index contributed by atoms with van der Waals surface area (Å²) in [5, 5.41) is 3.14. The second-order valence-corrected chi connectivity index (χ2v) is 6.99. The Morgan fingerprint density at radius 3 is 2.73 bits per heavy atom. The van der Waals surface area contributed by atoms with Crippen LogP contribution < -0.4 is 19.9 Å². The fourth-order valence-corrected chi connectivity index (χ4v) is 3.99. The molecule has 0 bridgehead atoms. The highest BCUT2D eigenvalue weighted by Gasteiger charge is 2.27. The maximum atomic E-state index is 12.6. The number of nitrogens with one attached hydrogen (secondary N) is 1. The van der Waals surface area contributed by atoms with Crippen LogP contribution in [0.4, 0.5) is 16.2 Å². The Morgan fingerprint density at radius 1 is 1.12 bits per heavy atom. The molecule has 0 spiro atoms. The third kappa shape index (κ3) is 3.21. The Labute approximate surface area is 154 Å². The van der Waals surface area contributed by atoms with Gasteiger partial charge in [0, 0.05) is 31.9 Å². The smallest absolute Gasteiger partial charge is 0.321 e. The monoisotopic (exact) mass is 351 g/mol. The number of carbonyl (C=O) groups is 1. The van der Waals surface area contributed by atoms with Crippen molar-refractivity contribution < 1.29 is 9.53 Å². The van der Waals surface area contributed by atoms with Gasteiger partial charge >= 0.3 is 6.03 Å². The van der Waals surface area contributed by atoms with E-state index in [0.29, 0.717) is 12.5 Å². The predicted molar refractivity (Wildman–Crippen MR) is 104 cm³/mol. The molecule has 1 unspecified atom stereocenters. The van der Waals surface area contributed by atoms with Crippen molar-refractivity contribution >= 4 is 17.4 Å². The van der Waals surface area contributed by atoms with E-state index in [0.717, 1.165) is 49.6 Å². The zero-order valence-corrected chi connectivity index (χ0v) is 15.1. The van der Waals surface area contributed by atoms with Crippen LogP contribution in [0.5, 0.6) is 5.75 Å². The summed E-state index contributed by atoms with van der Waals surface area (Å²) in [6.07, 6.45) is 2.02. The quantitative estimate of drug-likeness (QED) is 0.919. The Balaban J connectivity index is 1.33. The molecule has 5 heteroatoms. The van der Waals surface area contributed by atoms with Crippen molar-refractivity contribution in [2.45, 2.75) is 12.8 Å². The van der Waals surface area contributed by atoms with Crippen LogP contribution in [-0.4, -0.2) is 39.3 Å². The summed E-state index contributed by atoms with van der Waals surface area (Å²) in [6.45, 7) is 3.41. The van der Waals surface area contributed by atoms with Gasteiger partial charge in [0.1, 0.15) is 5.75 Å². The van der Waals surface area contributed by atoms with Crippen molar-refractivity contribution in [3.63, 3.8) is 0 Å². The van der Waals surface area contributed by atoms with Crippen LogP contribution in [0.15, 0.2) is 48.5 Å². The molecule has 0 aliphatic carbocycles. The lowest BCUT2D eigenvalue weighted by molar-refractivity contribution is 0.245. The molecule has 2 aromatic carbocycles. The summed E-state index contributed by atoms with van der Waals surface area (Å²) in [7, 11) is 1.71. The number of rotatable bonds is 4. The number of carbonyl (C=O) groups excluding carboxylic acids is 1. The lowest BCUT2D eigenvalue weighted by Gasteiger charge is -2.22. The lowest BCUT2D eigenvalue weighted by Crippen LogP contribution is -2.41. The van der Waals surface area contributed by atoms with Gasteiger partial charge in [-0.05, 0) is 42.5 Å². The maximum absolute atomic E-state index is 12.6. The minimum Gasteiger partial charge on any atom is -0.495 e. The summed E-state index contributed by atoms with van der Waals surface area (Å²) in [4.78, 5) is 16.8. The molecule has 2 aromatic rings. The number of methoxy groups -OCH3 is 1. The minimum atomic E-state index is 0.0192. The number of para-hydroxylation sites is 3. The number of benzene rings is 2. The summed E-state index contributed by atoms with van der Waals surface area (Å²) < 4.78 is 5.47. The number of hydrogen-bond acceptors (Lipinski definition) is 3. The number of amides is 2. The molecule has 4 rings (SSSR count). The highest BCUT2D eigenvalue weighted by Crippen LogP contribution is 2.32. The number of anilines is 2. The first-order chi connectivity index (χ1) is 12.8. The Kier molecular flexibility index (Phi) is 4.69. The van der Waals surface area contributed by atoms with E-state index < -0.39 is 0 Å². The SMILES string of the molecule is COc1ccccc1N1CCC(CNC(=O)N2CCc3ccccc32)C1. The fourth-order valence-electron chi connectivity index (χ4n) is 3.99. The molecule has 2 amide bonds. The molecule has 0 saturated carbocycles. The first-order valence-corrected chi connectivity index (χ1v) is 9.27. The average Bonchev–Trinajstić information content (AvgIpc) is 3.33. The van der Waals surface area contributed by atoms with Crippen molar-refractivity contribution in [1.82, 2.24) is 5.32 Å². The molecule has 5 nitrogen and oxygen atoms in total. The van der Waals surface area contributed by atoms with Gasteiger partial charge in [-0.2, -0.15) is 0 Å². The molecule has 1 atom stereocenters. The Morgan fingerprint density at radius 2 is 1.88 bits per heavy atom. The molecule has 1 N–H and O–H groups in total. The van der Waals surface area contributed by atoms with Crippen LogP contribution in [0, 0.1) is 5.92 Å². The molecule has 0 aromatic heterocycles. The zero-order chi connectivity index (χ0) is 17.9. The molecule has 136 valence electrons. The van der Waals surface area contributed by atoms with Crippen LogP contribution in [0.2, 0.25) is 0 Å². The molecular weight excluding hydrogens is 326 g/mol. The van der Waals surface area contributed by atoms with Crippen molar-refractivity contribution in [2.75, 3.05) is 43.1 Å². The van der Waals surface area contributed by atoms with Crippen molar-refractivity contribution in [2.24, 2.45) is 5.92 Å². The minimum absolute atomic E-state index is 0.0192. The van der Waals surface area contributed by atoms with Gasteiger partial charge in [-0.1, -0.05) is 30.3 Å². The molecule has 1 saturated heterocycles. The third-order valence-corrected chi connectivity index (χ3v) is 5.39. The van der Waals surface area contributed by atoms with E-state index in [1.807, 2.05) is 41.3 Å². The number of fused-ring (bicyclic) bond motifs is 1. The first kappa shape index (κ1) is 16.8. The second-order valence-electron chi connectivity index (χ2n) is 6.99. The summed E-state index contributed by atoms with van der Waals surface area (Å²) in [5.74, 6) is 1.37. The highest BCUT2D eigenvalue weighted by molar-refractivity contribution is 5.94. The third-order valence-electron chi connectivity index (χ3n) is 5.39. The predicted octanol–water partition coefficient (Wildman–Crippen LogP) is 3.29. The number of ether oxygens (including phenoxy) is 1. The standard InChI is InChI=1S/C21H25N3O2/c1-26-20-9-5-4-8-19(20)23-12-10-16(15-23)14-22-21(25)24-13-11-17-6-2-3-7-18(17)24/h2-9,16H,10-15H2,1H3,(H,22,25). The van der Waals surface area contributed by atoms with E-state index in [9.17, 15) is 4.79 Å². The average molecular weight is 351 g/mol. The van der Waals surface area contributed by atoms with E-state index in [1.54, 1.807) is 7.11 Å². The van der Waals surface area contributed by atoms with Crippen molar-refractivity contribution in [1.29, 1.82) is 0 Å². The first-order valence-electron chi connectivity index (χ1n) is 9.27. The van der Waals surface area contributed by atoms with Crippen LogP contribution in [0.25, 0.3) is 0 Å². The highest BCUT2D eigenvalue weighted by atomic mass is 16.5. The van der Waals surface area contributed by atoms with Crippen LogP contribution >= 0.6 is 0 Å². The summed E-state index contributed by atoms with van der Waals surface area (Å²) >= 11 is 0. The van der Waals surface area contributed by atoms with Gasteiger partial charge in [-0.3, -0.25) is 4.90 Å². The van der Waals surface area contributed by atoms with E-state index in [1.165, 1.54) is 5.56 Å². The van der Waals surface area contributed by atoms with Crippen LogP contribution in [-0.2, 0) is 6.42 Å². The molecule has 2 aliphatic rings. The van der Waals surface area contributed by atoms with Gasteiger partial charge in [0.2, 0.25) is 0 Å². The van der Waals surface area contributed by atoms with Crippen molar-refractivity contribution in [3.8, 4) is 5.75 Å². The van der Waals surface area contributed by atoms with E-state index >= 15 is 0 Å². The second kappa shape index (κ2) is 7.28. The van der Waals surface area contributed by atoms with Crippen LogP contribution in [0.1, 0.15) is 12.0 Å². The lowest BCUT2D eigenvalue weighted by atomic mass is 10.1. The molecular formula is C21H25N3O2. The van der Waals surface area contributed by atoms with Gasteiger partial charge < -0.3 is 15.0 Å². The normalized spacial score (nSPS) is 18.7. The van der Waals surface area contributed by atoms with Gasteiger partial charge in [-0.25, -0.2) is 4.79 Å². The van der Waals surface area contributed by atoms with E-state index in [4.69, 9.17) is 4.74 Å². The number of hydrogen-bond donors (Lipinski definition) is 1.